The number of hydrogen-bond acceptors (Lipinski definition) is 2. The molecule has 10 heavy (non-hydrogen) atoms. The summed E-state index contributed by atoms with van der Waals surface area (Å²) < 4.78 is 0. The van der Waals surface area contributed by atoms with E-state index in [0.29, 0.717) is 0 Å². The van der Waals surface area contributed by atoms with Crippen molar-refractivity contribution in [3.05, 3.63) is 11.5 Å². The lowest BCUT2D eigenvalue weighted by atomic mass is 9.86. The molecule has 0 saturated heterocycles. The lowest BCUT2D eigenvalue weighted by molar-refractivity contribution is 0.0337. The maximum absolute atomic E-state index is 9.93. The molecule has 0 spiro atoms. The van der Waals surface area contributed by atoms with Crippen LogP contribution in [0, 0.1) is 5.41 Å². The van der Waals surface area contributed by atoms with Gasteiger partial charge in [-0.05, 0) is 5.41 Å². The summed E-state index contributed by atoms with van der Waals surface area (Å²) in [4.78, 5) is -0.562. The molecule has 0 radical (unpaired) electrons. The van der Waals surface area contributed by atoms with E-state index < -0.39 is 4.93 Å². The molecule has 58 valence electrons. The smallest absolute Gasteiger partial charge is 0.122 e. The summed E-state index contributed by atoms with van der Waals surface area (Å²) in [7, 11) is 0. The molecule has 0 amide bonds. The number of aliphatic hydroxyl groups is 1. The van der Waals surface area contributed by atoms with Crippen LogP contribution in [-0.4, -0.2) is 10.0 Å². The minimum absolute atomic E-state index is 0.0266. The van der Waals surface area contributed by atoms with Crippen molar-refractivity contribution in [3.63, 3.8) is 0 Å². The predicted octanol–water partition coefficient (Wildman–Crippen LogP) is 2.37. The van der Waals surface area contributed by atoms with Gasteiger partial charge < -0.3 is 5.11 Å². The summed E-state index contributed by atoms with van der Waals surface area (Å²) in [5.41, 5.74) is -0.0266. The van der Waals surface area contributed by atoms with Crippen molar-refractivity contribution < 1.29 is 5.11 Å². The Kier molecular flexibility index (Phi) is 1.86. The Morgan fingerprint density at radius 1 is 1.50 bits per heavy atom. The molecule has 0 bridgehead atoms. The van der Waals surface area contributed by atoms with Crippen LogP contribution in [0.4, 0.5) is 0 Å². The van der Waals surface area contributed by atoms with E-state index in [4.69, 9.17) is 0 Å². The van der Waals surface area contributed by atoms with Crippen molar-refractivity contribution in [2.75, 3.05) is 0 Å². The molecular weight excluding hydrogens is 144 g/mol. The first kappa shape index (κ1) is 8.15. The zero-order valence-corrected chi connectivity index (χ0v) is 7.53. The monoisotopic (exact) mass is 158 g/mol. The second kappa shape index (κ2) is 2.28. The van der Waals surface area contributed by atoms with Crippen molar-refractivity contribution in [1.82, 2.24) is 0 Å². The fraction of sp³-hybridized carbons (Fsp3) is 0.750. The molecule has 1 nitrogen and oxygen atoms in total. The van der Waals surface area contributed by atoms with Crippen molar-refractivity contribution >= 4 is 11.8 Å². The average Bonchev–Trinajstić information content (AvgIpc) is 2.13. The van der Waals surface area contributed by atoms with Crippen molar-refractivity contribution in [3.8, 4) is 0 Å². The van der Waals surface area contributed by atoms with Gasteiger partial charge in [0.1, 0.15) is 4.93 Å². The standard InChI is InChI=1S/C8H14OS/c1-7(2,3)8(9)5-4-6-10-8/h4,6,9H,5H2,1-3H3. The predicted molar refractivity (Wildman–Crippen MR) is 45.8 cm³/mol. The van der Waals surface area contributed by atoms with Gasteiger partial charge in [-0.2, -0.15) is 0 Å². The Labute approximate surface area is 66.5 Å². The lowest BCUT2D eigenvalue weighted by Gasteiger charge is -2.35. The van der Waals surface area contributed by atoms with Gasteiger partial charge in [0, 0.05) is 11.8 Å². The highest BCUT2D eigenvalue weighted by Gasteiger charge is 2.40. The molecule has 1 N–H and O–H groups in total. The van der Waals surface area contributed by atoms with Crippen LogP contribution in [0.15, 0.2) is 11.5 Å². The Morgan fingerprint density at radius 2 is 2.10 bits per heavy atom. The third kappa shape index (κ3) is 1.23. The molecule has 1 rings (SSSR count). The highest BCUT2D eigenvalue weighted by Crippen LogP contribution is 2.46. The second-order valence-corrected chi connectivity index (χ2v) is 4.91. The topological polar surface area (TPSA) is 20.2 Å². The molecule has 1 aliphatic rings. The zero-order valence-electron chi connectivity index (χ0n) is 6.72. The first-order chi connectivity index (χ1) is 4.46. The first-order valence-corrected chi connectivity index (χ1v) is 4.39. The second-order valence-electron chi connectivity index (χ2n) is 3.73. The normalized spacial score (nSPS) is 33.2. The maximum Gasteiger partial charge on any atom is 0.122 e. The maximum atomic E-state index is 9.93. The van der Waals surface area contributed by atoms with Crippen LogP contribution in [0.25, 0.3) is 0 Å². The van der Waals surface area contributed by atoms with Gasteiger partial charge in [-0.25, -0.2) is 0 Å². The fourth-order valence-corrected chi connectivity index (χ4v) is 1.86. The van der Waals surface area contributed by atoms with Crippen LogP contribution < -0.4 is 0 Å². The Bertz CT molecular complexity index is 147. The third-order valence-electron chi connectivity index (χ3n) is 1.93. The van der Waals surface area contributed by atoms with E-state index in [9.17, 15) is 5.11 Å². The van der Waals surface area contributed by atoms with Gasteiger partial charge in [-0.1, -0.05) is 38.6 Å². The summed E-state index contributed by atoms with van der Waals surface area (Å²) in [6, 6.07) is 0. The summed E-state index contributed by atoms with van der Waals surface area (Å²) in [6.07, 6.45) is 2.80. The molecule has 1 unspecified atom stereocenters. The molecular formula is C8H14OS. The van der Waals surface area contributed by atoms with Crippen LogP contribution in [-0.2, 0) is 0 Å². The minimum Gasteiger partial charge on any atom is -0.378 e. The minimum atomic E-state index is -0.562. The van der Waals surface area contributed by atoms with Crippen LogP contribution in [0.2, 0.25) is 0 Å². The molecule has 0 saturated carbocycles. The largest absolute Gasteiger partial charge is 0.378 e. The summed E-state index contributed by atoms with van der Waals surface area (Å²) >= 11 is 1.53. The van der Waals surface area contributed by atoms with Gasteiger partial charge in [-0.15, -0.1) is 0 Å². The SMILES string of the molecule is CC(C)(C)C1(O)CC=CS1. The molecule has 0 aromatic carbocycles. The fourth-order valence-electron chi connectivity index (χ4n) is 0.900. The molecule has 0 fully saturated rings. The van der Waals surface area contributed by atoms with Crippen LogP contribution in [0.5, 0.6) is 0 Å². The number of hydrogen-bond donors (Lipinski definition) is 1. The van der Waals surface area contributed by atoms with Crippen LogP contribution in [0.1, 0.15) is 27.2 Å². The van der Waals surface area contributed by atoms with E-state index in [1.54, 1.807) is 0 Å². The molecule has 2 heteroatoms. The van der Waals surface area contributed by atoms with Gasteiger partial charge in [0.15, 0.2) is 0 Å². The Morgan fingerprint density at radius 3 is 2.30 bits per heavy atom. The molecule has 0 aromatic heterocycles. The van der Waals surface area contributed by atoms with Crippen LogP contribution >= 0.6 is 11.8 Å². The van der Waals surface area contributed by atoms with E-state index in [1.807, 2.05) is 11.5 Å². The third-order valence-corrected chi connectivity index (χ3v) is 3.42. The molecule has 0 aromatic rings. The van der Waals surface area contributed by atoms with Crippen molar-refractivity contribution in [2.24, 2.45) is 5.41 Å². The molecule has 1 aliphatic heterocycles. The van der Waals surface area contributed by atoms with Gasteiger partial charge in [0.2, 0.25) is 0 Å². The van der Waals surface area contributed by atoms with Gasteiger partial charge >= 0.3 is 0 Å². The van der Waals surface area contributed by atoms with Crippen molar-refractivity contribution in [2.45, 2.75) is 32.1 Å². The van der Waals surface area contributed by atoms with Crippen molar-refractivity contribution in [1.29, 1.82) is 0 Å². The molecule has 0 aliphatic carbocycles. The number of rotatable bonds is 0. The highest BCUT2D eigenvalue weighted by atomic mass is 32.2. The van der Waals surface area contributed by atoms with Gasteiger partial charge in [-0.3, -0.25) is 0 Å². The highest BCUT2D eigenvalue weighted by molar-refractivity contribution is 8.03. The van der Waals surface area contributed by atoms with Crippen LogP contribution in [0.3, 0.4) is 0 Å². The Hall–Kier alpha value is 0.0500. The summed E-state index contributed by atoms with van der Waals surface area (Å²) in [5, 5.41) is 11.9. The lowest BCUT2D eigenvalue weighted by Crippen LogP contribution is -2.36. The zero-order chi connectivity index (χ0) is 7.83. The summed E-state index contributed by atoms with van der Waals surface area (Å²) in [6.45, 7) is 6.19. The van der Waals surface area contributed by atoms with E-state index in [2.05, 4.69) is 20.8 Å². The van der Waals surface area contributed by atoms with E-state index >= 15 is 0 Å². The van der Waals surface area contributed by atoms with Gasteiger partial charge in [0.25, 0.3) is 0 Å². The quantitative estimate of drug-likeness (QED) is 0.584. The Balaban J connectivity index is 2.71. The number of thioether (sulfide) groups is 1. The van der Waals surface area contributed by atoms with E-state index in [-0.39, 0.29) is 5.41 Å². The van der Waals surface area contributed by atoms with E-state index in [1.165, 1.54) is 11.8 Å². The van der Waals surface area contributed by atoms with Gasteiger partial charge in [0.05, 0.1) is 0 Å². The van der Waals surface area contributed by atoms with E-state index in [0.717, 1.165) is 6.42 Å². The molecule has 1 heterocycles. The molecule has 1 atom stereocenters. The summed E-state index contributed by atoms with van der Waals surface area (Å²) in [5.74, 6) is 0. The first-order valence-electron chi connectivity index (χ1n) is 3.51. The average molecular weight is 158 g/mol.